The molecule has 2 aliphatic heterocycles. The van der Waals surface area contributed by atoms with E-state index in [-0.39, 0.29) is 17.2 Å². The van der Waals surface area contributed by atoms with Crippen LogP contribution >= 0.6 is 23.8 Å². The maximum atomic E-state index is 12.7. The Morgan fingerprint density at radius 1 is 1.20 bits per heavy atom. The molecule has 7 heteroatoms. The van der Waals surface area contributed by atoms with Gasteiger partial charge in [0, 0.05) is 30.3 Å². The van der Waals surface area contributed by atoms with Gasteiger partial charge in [-0.1, -0.05) is 41.9 Å². The van der Waals surface area contributed by atoms with Crippen molar-refractivity contribution in [1.82, 2.24) is 10.2 Å². The summed E-state index contributed by atoms with van der Waals surface area (Å²) in [5, 5.41) is 3.43. The summed E-state index contributed by atoms with van der Waals surface area (Å²) in [6.45, 7) is 5.51. The summed E-state index contributed by atoms with van der Waals surface area (Å²) in [4.78, 5) is 28.6. The number of hydrogen-bond donors (Lipinski definition) is 1. The predicted molar refractivity (Wildman–Crippen MR) is 123 cm³/mol. The van der Waals surface area contributed by atoms with Crippen LogP contribution in [0.25, 0.3) is 6.08 Å². The van der Waals surface area contributed by atoms with Gasteiger partial charge in [0.05, 0.1) is 0 Å². The molecule has 2 aromatic carbocycles. The predicted octanol–water partition coefficient (Wildman–Crippen LogP) is 3.72. The number of rotatable bonds is 5. The highest BCUT2D eigenvalue weighted by molar-refractivity contribution is 7.80. The van der Waals surface area contributed by atoms with Crippen molar-refractivity contribution in [1.29, 1.82) is 0 Å². The van der Waals surface area contributed by atoms with E-state index in [9.17, 15) is 9.59 Å². The SMILES string of the molecule is C=CCN1C(=O)C(=Cc2ccc3c(c2)CCN3Cc2ccccc2Cl)C(=O)NC1=S. The van der Waals surface area contributed by atoms with Crippen molar-refractivity contribution in [2.75, 3.05) is 18.0 Å². The van der Waals surface area contributed by atoms with Crippen molar-refractivity contribution in [3.05, 3.63) is 82.4 Å². The number of carbonyl (C=O) groups excluding carboxylic acids is 2. The van der Waals surface area contributed by atoms with Crippen LogP contribution in [0.4, 0.5) is 5.69 Å². The second-order valence-electron chi connectivity index (χ2n) is 7.17. The molecule has 0 radical (unpaired) electrons. The second-order valence-corrected chi connectivity index (χ2v) is 7.97. The number of thiocarbonyl (C=S) groups is 1. The molecule has 4 rings (SSSR count). The lowest BCUT2D eigenvalue weighted by Crippen LogP contribution is -2.53. The van der Waals surface area contributed by atoms with Gasteiger partial charge in [-0.15, -0.1) is 6.58 Å². The number of fused-ring (bicyclic) bond motifs is 1. The third-order valence-electron chi connectivity index (χ3n) is 5.22. The number of amides is 2. The van der Waals surface area contributed by atoms with Gasteiger partial charge in [0.25, 0.3) is 11.8 Å². The highest BCUT2D eigenvalue weighted by atomic mass is 35.5. The molecule has 0 aliphatic carbocycles. The van der Waals surface area contributed by atoms with E-state index in [1.807, 2.05) is 42.5 Å². The Balaban J connectivity index is 1.58. The van der Waals surface area contributed by atoms with Crippen molar-refractivity contribution >= 4 is 52.5 Å². The lowest BCUT2D eigenvalue weighted by molar-refractivity contribution is -0.128. The zero-order valence-electron chi connectivity index (χ0n) is 16.2. The summed E-state index contributed by atoms with van der Waals surface area (Å²) < 4.78 is 0. The Morgan fingerprint density at radius 2 is 2.00 bits per heavy atom. The Bertz CT molecular complexity index is 1100. The normalized spacial score (nSPS) is 17.4. The van der Waals surface area contributed by atoms with Crippen LogP contribution in [-0.2, 0) is 22.6 Å². The van der Waals surface area contributed by atoms with E-state index in [1.54, 1.807) is 12.2 Å². The minimum Gasteiger partial charge on any atom is -0.367 e. The van der Waals surface area contributed by atoms with Crippen molar-refractivity contribution in [3.63, 3.8) is 0 Å². The average molecular weight is 438 g/mol. The zero-order valence-corrected chi connectivity index (χ0v) is 17.8. The zero-order chi connectivity index (χ0) is 21.3. The summed E-state index contributed by atoms with van der Waals surface area (Å²) >= 11 is 11.4. The average Bonchev–Trinajstić information content (AvgIpc) is 3.12. The number of hydrogen-bond acceptors (Lipinski definition) is 4. The van der Waals surface area contributed by atoms with Crippen molar-refractivity contribution in [3.8, 4) is 0 Å². The van der Waals surface area contributed by atoms with Gasteiger partial charge in [0.1, 0.15) is 5.57 Å². The molecule has 0 bridgehead atoms. The minimum atomic E-state index is -0.480. The second kappa shape index (κ2) is 8.42. The van der Waals surface area contributed by atoms with E-state index < -0.39 is 11.8 Å². The van der Waals surface area contributed by atoms with Crippen LogP contribution in [-0.4, -0.2) is 34.9 Å². The van der Waals surface area contributed by atoms with Gasteiger partial charge < -0.3 is 4.90 Å². The Morgan fingerprint density at radius 3 is 2.77 bits per heavy atom. The number of nitrogens with zero attached hydrogens (tertiary/aromatic N) is 2. The number of nitrogens with one attached hydrogen (secondary N) is 1. The van der Waals surface area contributed by atoms with E-state index in [4.69, 9.17) is 23.8 Å². The van der Waals surface area contributed by atoms with Crippen LogP contribution in [0.15, 0.2) is 60.7 Å². The largest absolute Gasteiger partial charge is 0.367 e. The van der Waals surface area contributed by atoms with E-state index in [0.717, 1.165) is 41.3 Å². The van der Waals surface area contributed by atoms with Gasteiger partial charge in [-0.25, -0.2) is 0 Å². The number of halogens is 1. The smallest absolute Gasteiger partial charge is 0.265 e. The third kappa shape index (κ3) is 3.88. The van der Waals surface area contributed by atoms with Gasteiger partial charge in [0.2, 0.25) is 0 Å². The van der Waals surface area contributed by atoms with Gasteiger partial charge in [-0.2, -0.15) is 0 Å². The van der Waals surface area contributed by atoms with Crippen LogP contribution in [0.1, 0.15) is 16.7 Å². The first-order valence-corrected chi connectivity index (χ1v) is 10.4. The fraction of sp³-hybridized carbons (Fsp3) is 0.174. The molecule has 0 saturated carbocycles. The lowest BCUT2D eigenvalue weighted by atomic mass is 10.0. The molecule has 0 spiro atoms. The highest BCUT2D eigenvalue weighted by Gasteiger charge is 2.32. The van der Waals surface area contributed by atoms with E-state index in [1.165, 1.54) is 10.5 Å². The molecule has 2 heterocycles. The molecule has 1 fully saturated rings. The monoisotopic (exact) mass is 437 g/mol. The molecule has 0 unspecified atom stereocenters. The topological polar surface area (TPSA) is 52.7 Å². The van der Waals surface area contributed by atoms with Gasteiger partial charge in [-0.3, -0.25) is 19.8 Å². The molecule has 1 N–H and O–H groups in total. The first-order chi connectivity index (χ1) is 14.5. The Labute approximate surface area is 185 Å². The maximum absolute atomic E-state index is 12.7. The minimum absolute atomic E-state index is 0.0660. The summed E-state index contributed by atoms with van der Waals surface area (Å²) in [6, 6.07) is 13.8. The first kappa shape index (κ1) is 20.3. The summed E-state index contributed by atoms with van der Waals surface area (Å²) in [5.41, 5.74) is 4.28. The van der Waals surface area contributed by atoms with Crippen LogP contribution in [0, 0.1) is 0 Å². The fourth-order valence-electron chi connectivity index (χ4n) is 3.73. The van der Waals surface area contributed by atoms with E-state index >= 15 is 0 Å². The van der Waals surface area contributed by atoms with Crippen LogP contribution in [0.5, 0.6) is 0 Å². The van der Waals surface area contributed by atoms with Gasteiger partial charge >= 0.3 is 0 Å². The standard InChI is InChI=1S/C23H20ClN3O2S/c1-2-10-27-22(29)18(21(28)25-23(27)30)13-15-7-8-20-16(12-15)9-11-26(20)14-17-5-3-4-6-19(17)24/h2-8,12-13H,1,9-11,14H2,(H,25,28,30). The summed E-state index contributed by atoms with van der Waals surface area (Å²) in [6.07, 6.45) is 4.08. The molecular weight excluding hydrogens is 418 g/mol. The number of benzene rings is 2. The molecule has 0 atom stereocenters. The highest BCUT2D eigenvalue weighted by Crippen LogP contribution is 2.32. The lowest BCUT2D eigenvalue weighted by Gasteiger charge is -2.27. The van der Waals surface area contributed by atoms with Crippen molar-refractivity contribution in [2.45, 2.75) is 13.0 Å². The quantitative estimate of drug-likeness (QED) is 0.335. The molecule has 30 heavy (non-hydrogen) atoms. The van der Waals surface area contributed by atoms with Crippen molar-refractivity contribution in [2.24, 2.45) is 0 Å². The molecule has 0 aromatic heterocycles. The Kier molecular flexibility index (Phi) is 5.70. The molecular formula is C23H20ClN3O2S. The molecule has 152 valence electrons. The Hall–Kier alpha value is -2.96. The molecule has 2 aliphatic rings. The maximum Gasteiger partial charge on any atom is 0.265 e. The molecule has 2 aromatic rings. The van der Waals surface area contributed by atoms with Crippen LogP contribution in [0.2, 0.25) is 5.02 Å². The fourth-order valence-corrected chi connectivity index (χ4v) is 4.18. The molecule has 1 saturated heterocycles. The van der Waals surface area contributed by atoms with Gasteiger partial charge in [0.15, 0.2) is 5.11 Å². The van der Waals surface area contributed by atoms with Crippen LogP contribution in [0.3, 0.4) is 0 Å². The van der Waals surface area contributed by atoms with E-state index in [2.05, 4.69) is 16.8 Å². The molecule has 2 amide bonds. The van der Waals surface area contributed by atoms with Crippen molar-refractivity contribution < 1.29 is 9.59 Å². The van der Waals surface area contributed by atoms with Crippen LogP contribution < -0.4 is 10.2 Å². The third-order valence-corrected chi connectivity index (χ3v) is 5.91. The first-order valence-electron chi connectivity index (χ1n) is 9.59. The summed E-state index contributed by atoms with van der Waals surface area (Å²) in [5.74, 6) is -0.893. The van der Waals surface area contributed by atoms with E-state index in [0.29, 0.717) is 0 Å². The van der Waals surface area contributed by atoms with Gasteiger partial charge in [-0.05, 0) is 59.6 Å². The molecule has 5 nitrogen and oxygen atoms in total. The summed E-state index contributed by atoms with van der Waals surface area (Å²) in [7, 11) is 0. The number of anilines is 1. The number of carbonyl (C=O) groups is 2.